The van der Waals surface area contributed by atoms with Gasteiger partial charge in [-0.05, 0) is 67.3 Å². The Labute approximate surface area is 220 Å². The van der Waals surface area contributed by atoms with Crippen molar-refractivity contribution in [2.45, 2.75) is 39.8 Å². The van der Waals surface area contributed by atoms with Gasteiger partial charge in [0.25, 0.3) is 5.91 Å². The molecule has 35 heavy (non-hydrogen) atoms. The highest BCUT2D eigenvalue weighted by molar-refractivity contribution is 9.10. The van der Waals surface area contributed by atoms with E-state index in [4.69, 9.17) is 16.3 Å². The second kappa shape index (κ2) is 12.8. The van der Waals surface area contributed by atoms with Crippen LogP contribution < -0.4 is 10.1 Å². The van der Waals surface area contributed by atoms with E-state index in [1.807, 2.05) is 75.4 Å². The van der Waals surface area contributed by atoms with Gasteiger partial charge in [0.2, 0.25) is 5.91 Å². The van der Waals surface area contributed by atoms with Gasteiger partial charge >= 0.3 is 0 Å². The minimum Gasteiger partial charge on any atom is -0.484 e. The van der Waals surface area contributed by atoms with Gasteiger partial charge in [-0.1, -0.05) is 70.0 Å². The van der Waals surface area contributed by atoms with E-state index in [0.29, 0.717) is 23.7 Å². The lowest BCUT2D eigenvalue weighted by Crippen LogP contribution is -2.51. The van der Waals surface area contributed by atoms with Crippen molar-refractivity contribution < 1.29 is 14.3 Å². The number of hydrogen-bond acceptors (Lipinski definition) is 3. The van der Waals surface area contributed by atoms with Crippen molar-refractivity contribution in [2.24, 2.45) is 0 Å². The number of rotatable bonds is 10. The van der Waals surface area contributed by atoms with Crippen molar-refractivity contribution in [1.29, 1.82) is 0 Å². The molecule has 0 bridgehead atoms. The average Bonchev–Trinajstić information content (AvgIpc) is 2.85. The number of benzene rings is 3. The van der Waals surface area contributed by atoms with Crippen molar-refractivity contribution in [1.82, 2.24) is 10.2 Å². The van der Waals surface area contributed by atoms with Gasteiger partial charge in [0.05, 0.1) is 0 Å². The molecule has 0 radical (unpaired) electrons. The Morgan fingerprint density at radius 3 is 2.23 bits per heavy atom. The molecular weight excluding hydrogens is 528 g/mol. The maximum absolute atomic E-state index is 13.6. The molecule has 0 saturated carbocycles. The molecule has 0 aromatic heterocycles. The SMILES string of the molecule is CCNC(=O)C(Cc1ccccc1)N(Cc1ccc(Cl)cc1)C(=O)COc1cc(C)c(Br)c(C)c1. The molecule has 0 saturated heterocycles. The lowest BCUT2D eigenvalue weighted by Gasteiger charge is -2.31. The zero-order valence-electron chi connectivity index (χ0n) is 20.2. The fourth-order valence-corrected chi connectivity index (χ4v) is 4.20. The highest BCUT2D eigenvalue weighted by atomic mass is 79.9. The van der Waals surface area contributed by atoms with Crippen LogP contribution in [0.1, 0.15) is 29.2 Å². The van der Waals surface area contributed by atoms with Gasteiger partial charge in [0.1, 0.15) is 11.8 Å². The number of hydrogen-bond donors (Lipinski definition) is 1. The Hall–Kier alpha value is -2.83. The molecule has 2 amide bonds. The van der Waals surface area contributed by atoms with Crippen molar-refractivity contribution in [3.05, 3.63) is 98.5 Å². The molecule has 0 spiro atoms. The van der Waals surface area contributed by atoms with Crippen LogP contribution in [0.3, 0.4) is 0 Å². The number of carbonyl (C=O) groups excluding carboxylic acids is 2. The quantitative estimate of drug-likeness (QED) is 0.339. The summed E-state index contributed by atoms with van der Waals surface area (Å²) < 4.78 is 6.91. The summed E-state index contributed by atoms with van der Waals surface area (Å²) in [6.07, 6.45) is 0.391. The summed E-state index contributed by atoms with van der Waals surface area (Å²) >= 11 is 9.61. The number of nitrogens with one attached hydrogen (secondary N) is 1. The minimum atomic E-state index is -0.697. The van der Waals surface area contributed by atoms with E-state index in [1.165, 1.54) is 0 Å². The predicted octanol–water partition coefficient (Wildman–Crippen LogP) is 5.87. The van der Waals surface area contributed by atoms with Gasteiger partial charge < -0.3 is 15.0 Å². The van der Waals surface area contributed by atoms with Crippen LogP contribution in [0.15, 0.2) is 71.2 Å². The highest BCUT2D eigenvalue weighted by Gasteiger charge is 2.30. The molecule has 5 nitrogen and oxygen atoms in total. The standard InChI is InChI=1S/C28H30BrClN2O3/c1-4-31-28(34)25(16-21-8-6-5-7-9-21)32(17-22-10-12-23(30)13-11-22)26(33)18-35-24-14-19(2)27(29)20(3)15-24/h5-15,25H,4,16-18H2,1-3H3,(H,31,34). The maximum Gasteiger partial charge on any atom is 0.261 e. The van der Waals surface area contributed by atoms with Gasteiger partial charge in [-0.25, -0.2) is 0 Å². The van der Waals surface area contributed by atoms with Gasteiger partial charge in [-0.2, -0.15) is 0 Å². The van der Waals surface area contributed by atoms with Crippen molar-refractivity contribution in [3.8, 4) is 5.75 Å². The molecule has 3 aromatic carbocycles. The number of ether oxygens (including phenoxy) is 1. The smallest absolute Gasteiger partial charge is 0.261 e. The van der Waals surface area contributed by atoms with Crippen LogP contribution in [-0.2, 0) is 22.6 Å². The maximum atomic E-state index is 13.6. The molecule has 0 heterocycles. The van der Waals surface area contributed by atoms with E-state index in [-0.39, 0.29) is 25.0 Å². The van der Waals surface area contributed by atoms with Crippen molar-refractivity contribution in [2.75, 3.05) is 13.2 Å². The first kappa shape index (κ1) is 26.8. The lowest BCUT2D eigenvalue weighted by atomic mass is 10.0. The second-order valence-electron chi connectivity index (χ2n) is 8.41. The first-order valence-corrected chi connectivity index (χ1v) is 12.7. The first-order valence-electron chi connectivity index (χ1n) is 11.5. The van der Waals surface area contributed by atoms with E-state index >= 15 is 0 Å². The van der Waals surface area contributed by atoms with Crippen LogP contribution in [0.4, 0.5) is 0 Å². The van der Waals surface area contributed by atoms with Gasteiger partial charge in [0.15, 0.2) is 6.61 Å². The number of amides is 2. The number of halogens is 2. The summed E-state index contributed by atoms with van der Waals surface area (Å²) in [4.78, 5) is 28.3. The van der Waals surface area contributed by atoms with Crippen LogP contribution in [-0.4, -0.2) is 35.9 Å². The Balaban J connectivity index is 1.89. The first-order chi connectivity index (χ1) is 16.8. The van der Waals surface area contributed by atoms with Crippen LogP contribution >= 0.6 is 27.5 Å². The van der Waals surface area contributed by atoms with Gasteiger partial charge in [0, 0.05) is 29.0 Å². The highest BCUT2D eigenvalue weighted by Crippen LogP contribution is 2.26. The topological polar surface area (TPSA) is 58.6 Å². The Bertz CT molecular complexity index is 1130. The van der Waals surface area contributed by atoms with Crippen LogP contribution in [0, 0.1) is 13.8 Å². The van der Waals surface area contributed by atoms with Gasteiger partial charge in [-0.15, -0.1) is 0 Å². The summed E-state index contributed by atoms with van der Waals surface area (Å²) in [7, 11) is 0. The van der Waals surface area contributed by atoms with E-state index < -0.39 is 6.04 Å². The minimum absolute atomic E-state index is 0.182. The molecule has 0 fully saturated rings. The number of carbonyl (C=O) groups is 2. The van der Waals surface area contributed by atoms with Crippen LogP contribution in [0.5, 0.6) is 5.75 Å². The number of likely N-dealkylation sites (N-methyl/N-ethyl adjacent to an activating group) is 1. The Morgan fingerprint density at radius 2 is 1.63 bits per heavy atom. The summed E-state index contributed by atoms with van der Waals surface area (Å²) in [5, 5.41) is 3.50. The molecule has 0 aliphatic heterocycles. The third kappa shape index (κ3) is 7.58. The normalized spacial score (nSPS) is 11.6. The average molecular weight is 558 g/mol. The fraction of sp³-hybridized carbons (Fsp3) is 0.286. The summed E-state index contributed by atoms with van der Waals surface area (Å²) in [6.45, 7) is 6.36. The van der Waals surface area contributed by atoms with Crippen LogP contribution in [0.2, 0.25) is 5.02 Å². The Kier molecular flexibility index (Phi) is 9.75. The number of aryl methyl sites for hydroxylation is 2. The largest absolute Gasteiger partial charge is 0.484 e. The summed E-state index contributed by atoms with van der Waals surface area (Å²) in [5.41, 5.74) is 3.89. The van der Waals surface area contributed by atoms with Crippen LogP contribution in [0.25, 0.3) is 0 Å². The molecule has 0 aliphatic rings. The van der Waals surface area contributed by atoms with Crippen molar-refractivity contribution >= 4 is 39.3 Å². The molecule has 3 rings (SSSR count). The van der Waals surface area contributed by atoms with Crippen molar-refractivity contribution in [3.63, 3.8) is 0 Å². The lowest BCUT2D eigenvalue weighted by molar-refractivity contribution is -0.142. The zero-order chi connectivity index (χ0) is 25.4. The van der Waals surface area contributed by atoms with Gasteiger partial charge in [-0.3, -0.25) is 9.59 Å². The Morgan fingerprint density at radius 1 is 1.00 bits per heavy atom. The van der Waals surface area contributed by atoms with E-state index in [0.717, 1.165) is 26.7 Å². The molecule has 1 N–H and O–H groups in total. The molecule has 1 unspecified atom stereocenters. The summed E-state index contributed by atoms with van der Waals surface area (Å²) in [6, 6.07) is 20.1. The molecule has 3 aromatic rings. The third-order valence-electron chi connectivity index (χ3n) is 5.66. The second-order valence-corrected chi connectivity index (χ2v) is 9.64. The molecule has 184 valence electrons. The monoisotopic (exact) mass is 556 g/mol. The third-order valence-corrected chi connectivity index (χ3v) is 7.16. The predicted molar refractivity (Wildman–Crippen MR) is 144 cm³/mol. The summed E-state index contributed by atoms with van der Waals surface area (Å²) in [5.74, 6) is 0.139. The fourth-order valence-electron chi connectivity index (χ4n) is 3.85. The number of nitrogens with zero attached hydrogens (tertiary/aromatic N) is 1. The van der Waals surface area contributed by atoms with E-state index in [2.05, 4.69) is 21.2 Å². The molecule has 1 atom stereocenters. The molecular formula is C28H30BrClN2O3. The molecule has 0 aliphatic carbocycles. The van der Waals surface area contributed by atoms with E-state index in [1.54, 1.807) is 17.0 Å². The van der Waals surface area contributed by atoms with E-state index in [9.17, 15) is 9.59 Å². The zero-order valence-corrected chi connectivity index (χ0v) is 22.5. The molecule has 7 heteroatoms.